The van der Waals surface area contributed by atoms with Gasteiger partial charge in [-0.3, -0.25) is 0 Å². The van der Waals surface area contributed by atoms with Crippen LogP contribution in [0.25, 0.3) is 5.65 Å². The van der Waals surface area contributed by atoms with E-state index in [4.69, 9.17) is 4.74 Å². The quantitative estimate of drug-likeness (QED) is 0.856. The summed E-state index contributed by atoms with van der Waals surface area (Å²) in [5.41, 5.74) is 0.406. The lowest BCUT2D eigenvalue weighted by atomic mass is 10.4. The van der Waals surface area contributed by atoms with Gasteiger partial charge in [-0.05, 0) is 28.9 Å². The molecule has 17 heavy (non-hydrogen) atoms. The minimum absolute atomic E-state index is 0.00877. The molecule has 0 aliphatic carbocycles. The SMILES string of the molecule is C[C@H](Oc1cccc2nc(Br)nn12)C(F)(F)F. The third-order valence-corrected chi connectivity index (χ3v) is 2.39. The zero-order chi connectivity index (χ0) is 12.6. The largest absolute Gasteiger partial charge is 0.465 e. The van der Waals surface area contributed by atoms with Gasteiger partial charge >= 0.3 is 6.18 Å². The molecule has 0 unspecified atom stereocenters. The Morgan fingerprint density at radius 2 is 2.12 bits per heavy atom. The van der Waals surface area contributed by atoms with Crippen molar-refractivity contribution in [3.05, 3.63) is 22.9 Å². The average Bonchev–Trinajstić information content (AvgIpc) is 2.58. The molecule has 2 aromatic rings. The predicted molar refractivity (Wildman–Crippen MR) is 56.8 cm³/mol. The molecular weight excluding hydrogens is 303 g/mol. The molecule has 0 fully saturated rings. The van der Waals surface area contributed by atoms with Crippen molar-refractivity contribution in [2.75, 3.05) is 0 Å². The fourth-order valence-corrected chi connectivity index (χ4v) is 1.53. The number of fused-ring (bicyclic) bond motifs is 1. The third kappa shape index (κ3) is 2.51. The van der Waals surface area contributed by atoms with Crippen molar-refractivity contribution in [2.45, 2.75) is 19.2 Å². The van der Waals surface area contributed by atoms with Crippen molar-refractivity contribution in [2.24, 2.45) is 0 Å². The molecular formula is C9H7BrF3N3O. The first kappa shape index (κ1) is 12.2. The molecule has 0 radical (unpaired) electrons. The average molecular weight is 310 g/mol. The Labute approximate surface area is 103 Å². The van der Waals surface area contributed by atoms with E-state index in [0.29, 0.717) is 5.65 Å². The van der Waals surface area contributed by atoms with Crippen molar-refractivity contribution < 1.29 is 17.9 Å². The lowest BCUT2D eigenvalue weighted by molar-refractivity contribution is -0.190. The Kier molecular flexibility index (Phi) is 2.98. The molecule has 1 atom stereocenters. The summed E-state index contributed by atoms with van der Waals surface area (Å²) in [4.78, 5) is 3.95. The van der Waals surface area contributed by atoms with Gasteiger partial charge < -0.3 is 4.74 Å². The Hall–Kier alpha value is -1.31. The number of rotatable bonds is 2. The summed E-state index contributed by atoms with van der Waals surface area (Å²) in [5.74, 6) is -0.00877. The molecule has 2 heterocycles. The van der Waals surface area contributed by atoms with Crippen LogP contribution in [0.4, 0.5) is 13.2 Å². The highest BCUT2D eigenvalue weighted by Gasteiger charge is 2.38. The molecule has 0 N–H and O–H groups in total. The second kappa shape index (κ2) is 4.17. The molecule has 2 rings (SSSR count). The summed E-state index contributed by atoms with van der Waals surface area (Å²) in [7, 11) is 0. The van der Waals surface area contributed by atoms with Crippen LogP contribution in [0.3, 0.4) is 0 Å². The summed E-state index contributed by atoms with van der Waals surface area (Å²) >= 11 is 3.04. The van der Waals surface area contributed by atoms with Crippen LogP contribution < -0.4 is 4.74 Å². The number of halogens is 4. The van der Waals surface area contributed by atoms with Gasteiger partial charge in [0.25, 0.3) is 0 Å². The zero-order valence-corrected chi connectivity index (χ0v) is 10.2. The number of ether oxygens (including phenoxy) is 1. The van der Waals surface area contributed by atoms with Crippen LogP contribution in [0.1, 0.15) is 6.92 Å². The van der Waals surface area contributed by atoms with Gasteiger partial charge in [-0.15, -0.1) is 5.10 Å². The van der Waals surface area contributed by atoms with Crippen molar-refractivity contribution in [1.29, 1.82) is 0 Å². The number of hydrogen-bond donors (Lipinski definition) is 0. The van der Waals surface area contributed by atoms with Crippen molar-refractivity contribution >= 4 is 21.6 Å². The van der Waals surface area contributed by atoms with Gasteiger partial charge in [0.05, 0.1) is 0 Å². The molecule has 0 aliphatic heterocycles. The number of nitrogens with zero attached hydrogens (tertiary/aromatic N) is 3. The van der Waals surface area contributed by atoms with Gasteiger partial charge in [0, 0.05) is 6.07 Å². The maximum absolute atomic E-state index is 12.4. The smallest absolute Gasteiger partial charge is 0.425 e. The Bertz CT molecular complexity index is 540. The second-order valence-electron chi connectivity index (χ2n) is 3.32. The topological polar surface area (TPSA) is 39.4 Å². The van der Waals surface area contributed by atoms with Crippen LogP contribution in [0, 0.1) is 0 Å². The van der Waals surface area contributed by atoms with E-state index < -0.39 is 12.3 Å². The molecule has 0 amide bonds. The van der Waals surface area contributed by atoms with Gasteiger partial charge in [-0.1, -0.05) is 6.07 Å². The molecule has 0 bridgehead atoms. The molecule has 4 nitrogen and oxygen atoms in total. The van der Waals surface area contributed by atoms with Crippen molar-refractivity contribution in [1.82, 2.24) is 14.6 Å². The number of hydrogen-bond acceptors (Lipinski definition) is 3. The van der Waals surface area contributed by atoms with Crippen molar-refractivity contribution in [3.63, 3.8) is 0 Å². The fourth-order valence-electron chi connectivity index (χ4n) is 1.19. The summed E-state index contributed by atoms with van der Waals surface area (Å²) in [6, 6.07) is 4.56. The summed E-state index contributed by atoms with van der Waals surface area (Å²) in [6.07, 6.45) is -6.32. The van der Waals surface area contributed by atoms with E-state index in [1.807, 2.05) is 0 Å². The van der Waals surface area contributed by atoms with E-state index in [-0.39, 0.29) is 10.6 Å². The van der Waals surface area contributed by atoms with Crippen LogP contribution >= 0.6 is 15.9 Å². The molecule has 0 saturated heterocycles. The van der Waals surface area contributed by atoms with Crippen LogP contribution in [-0.4, -0.2) is 26.9 Å². The second-order valence-corrected chi connectivity index (χ2v) is 4.03. The van der Waals surface area contributed by atoms with Gasteiger partial charge in [0.2, 0.25) is 10.6 Å². The minimum atomic E-state index is -4.42. The predicted octanol–water partition coefficient (Wildman–Crippen LogP) is 2.82. The normalized spacial score (nSPS) is 13.9. The number of aromatic nitrogens is 3. The molecule has 0 spiro atoms. The highest BCUT2D eigenvalue weighted by atomic mass is 79.9. The summed E-state index contributed by atoms with van der Waals surface area (Å²) in [5, 5.41) is 3.88. The molecule has 8 heteroatoms. The molecule has 0 aromatic carbocycles. The van der Waals surface area contributed by atoms with Gasteiger partial charge in [-0.2, -0.15) is 17.7 Å². The van der Waals surface area contributed by atoms with E-state index in [2.05, 4.69) is 26.0 Å². The van der Waals surface area contributed by atoms with E-state index in [1.54, 1.807) is 12.1 Å². The lowest BCUT2D eigenvalue weighted by Gasteiger charge is -2.17. The van der Waals surface area contributed by atoms with Crippen LogP contribution in [0.2, 0.25) is 0 Å². The first-order chi connectivity index (χ1) is 7.88. The zero-order valence-electron chi connectivity index (χ0n) is 8.57. The first-order valence-corrected chi connectivity index (χ1v) is 5.42. The van der Waals surface area contributed by atoms with Crippen LogP contribution in [-0.2, 0) is 0 Å². The highest BCUT2D eigenvalue weighted by Crippen LogP contribution is 2.25. The minimum Gasteiger partial charge on any atom is -0.465 e. The Morgan fingerprint density at radius 3 is 2.76 bits per heavy atom. The van der Waals surface area contributed by atoms with E-state index in [9.17, 15) is 13.2 Å². The third-order valence-electron chi connectivity index (χ3n) is 2.06. The van der Waals surface area contributed by atoms with Gasteiger partial charge in [0.15, 0.2) is 11.8 Å². The summed E-state index contributed by atoms with van der Waals surface area (Å²) < 4.78 is 43.4. The van der Waals surface area contributed by atoms with E-state index in [0.717, 1.165) is 6.92 Å². The van der Waals surface area contributed by atoms with Crippen LogP contribution in [0.15, 0.2) is 22.9 Å². The standard InChI is InChI=1S/C9H7BrF3N3O/c1-5(9(11,12)13)17-7-4-2-3-6-14-8(10)15-16(6)7/h2-5H,1H3/t5-/m0/s1. The van der Waals surface area contributed by atoms with Crippen molar-refractivity contribution in [3.8, 4) is 5.88 Å². The first-order valence-electron chi connectivity index (χ1n) is 4.62. The monoisotopic (exact) mass is 309 g/mol. The molecule has 92 valence electrons. The lowest BCUT2D eigenvalue weighted by Crippen LogP contribution is -2.31. The van der Waals surface area contributed by atoms with Crippen LogP contribution in [0.5, 0.6) is 5.88 Å². The fraction of sp³-hybridized carbons (Fsp3) is 0.333. The summed E-state index contributed by atoms with van der Waals surface area (Å²) in [6.45, 7) is 0.935. The maximum Gasteiger partial charge on any atom is 0.425 e. The number of alkyl halides is 3. The van der Waals surface area contributed by atoms with Gasteiger partial charge in [0.1, 0.15) is 0 Å². The van der Waals surface area contributed by atoms with E-state index in [1.165, 1.54) is 10.6 Å². The molecule has 0 saturated carbocycles. The number of pyridine rings is 1. The van der Waals surface area contributed by atoms with E-state index >= 15 is 0 Å². The highest BCUT2D eigenvalue weighted by molar-refractivity contribution is 9.10. The molecule has 2 aromatic heterocycles. The Morgan fingerprint density at radius 1 is 1.41 bits per heavy atom. The maximum atomic E-state index is 12.4. The molecule has 0 aliphatic rings. The Balaban J connectivity index is 2.36. The van der Waals surface area contributed by atoms with Gasteiger partial charge in [-0.25, -0.2) is 4.98 Å².